The van der Waals surface area contributed by atoms with Crippen LogP contribution < -0.4 is 5.32 Å². The Morgan fingerprint density at radius 1 is 0.958 bits per heavy atom. The molecule has 0 spiro atoms. The number of ether oxygens (including phenoxy) is 1. The molecule has 0 atom stereocenters. The van der Waals surface area contributed by atoms with Crippen molar-refractivity contribution in [3.8, 4) is 0 Å². The summed E-state index contributed by atoms with van der Waals surface area (Å²) >= 11 is 0. The van der Waals surface area contributed by atoms with Gasteiger partial charge in [-0.3, -0.25) is 9.59 Å². The van der Waals surface area contributed by atoms with E-state index in [0.717, 1.165) is 18.5 Å². The average molecular weight is 323 g/mol. The average Bonchev–Trinajstić information content (AvgIpc) is 3.45. The van der Waals surface area contributed by atoms with Gasteiger partial charge in [0.05, 0.1) is 17.3 Å². The highest BCUT2D eigenvalue weighted by Gasteiger charge is 2.31. The highest BCUT2D eigenvalue weighted by Crippen LogP contribution is 2.30. The van der Waals surface area contributed by atoms with Gasteiger partial charge in [-0.15, -0.1) is 0 Å². The normalized spacial score (nSPS) is 13.7. The molecule has 0 radical (unpaired) electrons. The molecule has 1 aliphatic carbocycles. The molecule has 2 aromatic rings. The van der Waals surface area contributed by atoms with Gasteiger partial charge in [-0.25, -0.2) is 0 Å². The zero-order valence-corrected chi connectivity index (χ0v) is 13.0. The summed E-state index contributed by atoms with van der Waals surface area (Å²) in [5.41, 5.74) is 2.06. The summed E-state index contributed by atoms with van der Waals surface area (Å²) in [6, 6.07) is 16.4. The van der Waals surface area contributed by atoms with Crippen LogP contribution in [0.4, 0.5) is 17.1 Å². The first-order valence-corrected chi connectivity index (χ1v) is 7.74. The quantitative estimate of drug-likeness (QED) is 0.644. The lowest BCUT2D eigenvalue weighted by atomic mass is 10.3. The third-order valence-corrected chi connectivity index (χ3v) is 3.44. The van der Waals surface area contributed by atoms with Gasteiger partial charge >= 0.3 is 5.97 Å². The van der Waals surface area contributed by atoms with Gasteiger partial charge in [0.25, 0.3) is 5.91 Å². The maximum atomic E-state index is 11.7. The number of benzene rings is 2. The smallest absolute Gasteiger partial charge is 0.309 e. The Balaban J connectivity index is 1.49. The van der Waals surface area contributed by atoms with E-state index < -0.39 is 0 Å². The largest absolute Gasteiger partial charge is 0.455 e. The van der Waals surface area contributed by atoms with E-state index in [-0.39, 0.29) is 24.4 Å². The van der Waals surface area contributed by atoms with E-state index in [1.807, 2.05) is 30.3 Å². The first kappa shape index (κ1) is 15.9. The highest BCUT2D eigenvalue weighted by molar-refractivity contribution is 5.93. The molecule has 1 fully saturated rings. The molecule has 1 amide bonds. The standard InChI is InChI=1S/C18H17N3O3/c22-17(12-24-18(23)13-6-7-13)19-14-8-10-16(11-9-14)21-20-15-4-2-1-3-5-15/h1-5,8-11,13H,6-7,12H2,(H,19,22). The van der Waals surface area contributed by atoms with Crippen molar-refractivity contribution in [2.45, 2.75) is 12.8 Å². The Kier molecular flexibility index (Phi) is 4.96. The number of carbonyl (C=O) groups excluding carboxylic acids is 2. The van der Waals surface area contributed by atoms with E-state index in [9.17, 15) is 9.59 Å². The minimum atomic E-state index is -0.359. The molecule has 24 heavy (non-hydrogen) atoms. The maximum absolute atomic E-state index is 11.7. The van der Waals surface area contributed by atoms with Crippen molar-refractivity contribution in [2.24, 2.45) is 16.1 Å². The fourth-order valence-corrected chi connectivity index (χ4v) is 1.99. The van der Waals surface area contributed by atoms with Crippen LogP contribution in [0.3, 0.4) is 0 Å². The molecule has 3 rings (SSSR count). The fourth-order valence-electron chi connectivity index (χ4n) is 1.99. The monoisotopic (exact) mass is 323 g/mol. The Hall–Kier alpha value is -3.02. The zero-order chi connectivity index (χ0) is 16.8. The molecule has 6 heteroatoms. The molecule has 0 aliphatic heterocycles. The Labute approximate surface area is 139 Å². The second-order valence-electron chi connectivity index (χ2n) is 5.51. The third kappa shape index (κ3) is 4.74. The van der Waals surface area contributed by atoms with Crippen LogP contribution in [0, 0.1) is 5.92 Å². The van der Waals surface area contributed by atoms with Crippen molar-refractivity contribution in [1.29, 1.82) is 0 Å². The van der Waals surface area contributed by atoms with Crippen molar-refractivity contribution in [2.75, 3.05) is 11.9 Å². The Morgan fingerprint density at radius 2 is 1.58 bits per heavy atom. The maximum Gasteiger partial charge on any atom is 0.309 e. The van der Waals surface area contributed by atoms with Gasteiger partial charge in [-0.2, -0.15) is 10.2 Å². The van der Waals surface area contributed by atoms with E-state index in [4.69, 9.17) is 4.74 Å². The molecule has 0 bridgehead atoms. The van der Waals surface area contributed by atoms with Gasteiger partial charge in [0, 0.05) is 5.69 Å². The topological polar surface area (TPSA) is 80.1 Å². The summed E-state index contributed by atoms with van der Waals surface area (Å²) in [5.74, 6) is -0.656. The van der Waals surface area contributed by atoms with Crippen LogP contribution in [-0.4, -0.2) is 18.5 Å². The minimum Gasteiger partial charge on any atom is -0.455 e. The lowest BCUT2D eigenvalue weighted by Gasteiger charge is -2.06. The molecule has 2 aromatic carbocycles. The summed E-state index contributed by atoms with van der Waals surface area (Å²) in [6.45, 7) is -0.259. The number of azo groups is 1. The molecule has 0 saturated heterocycles. The van der Waals surface area contributed by atoms with Crippen LogP contribution in [0.1, 0.15) is 12.8 Å². The molecule has 0 aromatic heterocycles. The van der Waals surface area contributed by atoms with Crippen molar-refractivity contribution in [1.82, 2.24) is 0 Å². The summed E-state index contributed by atoms with van der Waals surface area (Å²) < 4.78 is 4.93. The van der Waals surface area contributed by atoms with Crippen LogP contribution in [0.2, 0.25) is 0 Å². The van der Waals surface area contributed by atoms with Gasteiger partial charge in [0.15, 0.2) is 6.61 Å². The molecule has 6 nitrogen and oxygen atoms in total. The predicted molar refractivity (Wildman–Crippen MR) is 89.4 cm³/mol. The van der Waals surface area contributed by atoms with Crippen molar-refractivity contribution < 1.29 is 14.3 Å². The van der Waals surface area contributed by atoms with Crippen molar-refractivity contribution >= 4 is 28.9 Å². The molecule has 0 unspecified atom stereocenters. The van der Waals surface area contributed by atoms with Crippen molar-refractivity contribution in [3.63, 3.8) is 0 Å². The molecular formula is C18H17N3O3. The number of hydrogen-bond donors (Lipinski definition) is 1. The van der Waals surface area contributed by atoms with Crippen LogP contribution in [0.15, 0.2) is 64.8 Å². The van der Waals surface area contributed by atoms with Crippen LogP contribution >= 0.6 is 0 Å². The Morgan fingerprint density at radius 3 is 2.21 bits per heavy atom. The second-order valence-corrected chi connectivity index (χ2v) is 5.51. The van der Waals surface area contributed by atoms with Gasteiger partial charge in [0.1, 0.15) is 0 Å². The SMILES string of the molecule is O=C(COC(=O)C1CC1)Nc1ccc(N=Nc2ccccc2)cc1. The number of hydrogen-bond acceptors (Lipinski definition) is 5. The fraction of sp³-hybridized carbons (Fsp3) is 0.222. The number of carbonyl (C=O) groups is 2. The first-order valence-electron chi connectivity index (χ1n) is 7.74. The number of esters is 1. The zero-order valence-electron chi connectivity index (χ0n) is 13.0. The summed E-state index contributed by atoms with van der Waals surface area (Å²) in [6.07, 6.45) is 1.72. The van der Waals surface area contributed by atoms with Crippen LogP contribution in [-0.2, 0) is 14.3 Å². The second kappa shape index (κ2) is 7.50. The molecule has 122 valence electrons. The third-order valence-electron chi connectivity index (χ3n) is 3.44. The van der Waals surface area contributed by atoms with E-state index in [1.165, 1.54) is 0 Å². The summed E-state index contributed by atoms with van der Waals surface area (Å²) in [7, 11) is 0. The first-order chi connectivity index (χ1) is 11.7. The molecule has 1 saturated carbocycles. The van der Waals surface area contributed by atoms with Gasteiger partial charge in [0.2, 0.25) is 0 Å². The minimum absolute atomic E-state index is 0.00735. The predicted octanol–water partition coefficient (Wildman–Crippen LogP) is 3.99. The lowest BCUT2D eigenvalue weighted by molar-refractivity contribution is -0.148. The van der Waals surface area contributed by atoms with Crippen molar-refractivity contribution in [3.05, 3.63) is 54.6 Å². The van der Waals surface area contributed by atoms with Crippen LogP contribution in [0.5, 0.6) is 0 Å². The highest BCUT2D eigenvalue weighted by atomic mass is 16.5. The number of anilines is 1. The number of amides is 1. The van der Waals surface area contributed by atoms with E-state index >= 15 is 0 Å². The van der Waals surface area contributed by atoms with Gasteiger partial charge < -0.3 is 10.1 Å². The lowest BCUT2D eigenvalue weighted by Crippen LogP contribution is -2.21. The number of nitrogens with zero attached hydrogens (tertiary/aromatic N) is 2. The Bertz CT molecular complexity index is 738. The van der Waals surface area contributed by atoms with E-state index in [1.54, 1.807) is 24.3 Å². The molecule has 0 heterocycles. The molecule has 1 aliphatic rings. The van der Waals surface area contributed by atoms with Crippen LogP contribution in [0.25, 0.3) is 0 Å². The molecular weight excluding hydrogens is 306 g/mol. The number of nitrogens with one attached hydrogen (secondary N) is 1. The molecule has 1 N–H and O–H groups in total. The van der Waals surface area contributed by atoms with Gasteiger partial charge in [-0.1, -0.05) is 18.2 Å². The van der Waals surface area contributed by atoms with E-state index in [0.29, 0.717) is 11.4 Å². The number of rotatable bonds is 6. The summed E-state index contributed by atoms with van der Waals surface area (Å²) in [5, 5.41) is 10.9. The summed E-state index contributed by atoms with van der Waals surface area (Å²) in [4.78, 5) is 23.1. The van der Waals surface area contributed by atoms with E-state index in [2.05, 4.69) is 15.5 Å². The van der Waals surface area contributed by atoms with Gasteiger partial charge in [-0.05, 0) is 49.2 Å².